The first-order valence-corrected chi connectivity index (χ1v) is 4.98. The fourth-order valence-electron chi connectivity index (χ4n) is 1.60. The maximum absolute atomic E-state index is 11.5. The van der Waals surface area contributed by atoms with Gasteiger partial charge in [-0.2, -0.15) is 0 Å². The third-order valence-corrected chi connectivity index (χ3v) is 2.30. The smallest absolute Gasteiger partial charge is 0.361 e. The van der Waals surface area contributed by atoms with Gasteiger partial charge >= 0.3 is 5.97 Å². The average molecular weight is 221 g/mol. The van der Waals surface area contributed by atoms with Gasteiger partial charge in [-0.25, -0.2) is 9.78 Å². The quantitative estimate of drug-likeness (QED) is 0.569. The fraction of sp³-hybridized carbons (Fsp3) is 0.455. The van der Waals surface area contributed by atoms with E-state index in [4.69, 9.17) is 20.3 Å². The highest BCUT2D eigenvalue weighted by atomic mass is 16.5. The molecule has 0 spiro atoms. The SMILES string of the molecule is C#CCOC(=O)c1ncoc1C1CCCO1. The normalized spacial score (nSPS) is 19.3. The molecule has 0 bridgehead atoms. The van der Waals surface area contributed by atoms with E-state index >= 15 is 0 Å². The van der Waals surface area contributed by atoms with Crippen molar-refractivity contribution in [3.05, 3.63) is 17.8 Å². The number of carbonyl (C=O) groups is 1. The Morgan fingerprint density at radius 2 is 2.62 bits per heavy atom. The summed E-state index contributed by atoms with van der Waals surface area (Å²) < 4.78 is 15.4. The average Bonchev–Trinajstić information content (AvgIpc) is 2.94. The van der Waals surface area contributed by atoms with Gasteiger partial charge in [-0.3, -0.25) is 0 Å². The van der Waals surface area contributed by atoms with Gasteiger partial charge in [0, 0.05) is 6.61 Å². The highest BCUT2D eigenvalue weighted by molar-refractivity contribution is 5.88. The number of hydrogen-bond acceptors (Lipinski definition) is 5. The van der Waals surface area contributed by atoms with Crippen LogP contribution in [0.3, 0.4) is 0 Å². The van der Waals surface area contributed by atoms with Crippen molar-refractivity contribution in [2.75, 3.05) is 13.2 Å². The number of ether oxygens (including phenoxy) is 2. The molecule has 5 heteroatoms. The van der Waals surface area contributed by atoms with Gasteiger partial charge in [0.1, 0.15) is 6.10 Å². The van der Waals surface area contributed by atoms with Crippen LogP contribution >= 0.6 is 0 Å². The van der Waals surface area contributed by atoms with E-state index in [9.17, 15) is 4.79 Å². The fourth-order valence-corrected chi connectivity index (χ4v) is 1.60. The van der Waals surface area contributed by atoms with Crippen LogP contribution in [0, 0.1) is 12.3 Å². The van der Waals surface area contributed by atoms with Crippen molar-refractivity contribution in [1.82, 2.24) is 4.98 Å². The molecular formula is C11H11NO4. The summed E-state index contributed by atoms with van der Waals surface area (Å²) in [6, 6.07) is 0. The first kappa shape index (κ1) is 10.7. The van der Waals surface area contributed by atoms with Crippen molar-refractivity contribution < 1.29 is 18.7 Å². The van der Waals surface area contributed by atoms with Crippen LogP contribution in [0.1, 0.15) is 35.2 Å². The Morgan fingerprint density at radius 1 is 1.75 bits per heavy atom. The number of hydrogen-bond donors (Lipinski definition) is 0. The van der Waals surface area contributed by atoms with Crippen LogP contribution < -0.4 is 0 Å². The van der Waals surface area contributed by atoms with Gasteiger partial charge < -0.3 is 13.9 Å². The van der Waals surface area contributed by atoms with Crippen molar-refractivity contribution >= 4 is 5.97 Å². The lowest BCUT2D eigenvalue weighted by molar-refractivity contribution is 0.0528. The second kappa shape index (κ2) is 4.81. The zero-order valence-corrected chi connectivity index (χ0v) is 8.64. The second-order valence-electron chi connectivity index (χ2n) is 3.35. The lowest BCUT2D eigenvalue weighted by Gasteiger charge is -2.06. The maximum Gasteiger partial charge on any atom is 0.361 e. The molecule has 84 valence electrons. The summed E-state index contributed by atoms with van der Waals surface area (Å²) >= 11 is 0. The summed E-state index contributed by atoms with van der Waals surface area (Å²) in [4.78, 5) is 15.4. The van der Waals surface area contributed by atoms with E-state index in [2.05, 4.69) is 10.9 Å². The molecule has 1 saturated heterocycles. The van der Waals surface area contributed by atoms with Crippen molar-refractivity contribution in [3.8, 4) is 12.3 Å². The van der Waals surface area contributed by atoms with Gasteiger partial charge in [-0.05, 0) is 12.8 Å². The third-order valence-electron chi connectivity index (χ3n) is 2.30. The monoisotopic (exact) mass is 221 g/mol. The molecule has 0 saturated carbocycles. The molecule has 16 heavy (non-hydrogen) atoms. The summed E-state index contributed by atoms with van der Waals surface area (Å²) in [5, 5.41) is 0. The Bertz CT molecular complexity index is 412. The number of nitrogens with zero attached hydrogens (tertiary/aromatic N) is 1. The van der Waals surface area contributed by atoms with Gasteiger partial charge in [0.25, 0.3) is 0 Å². The maximum atomic E-state index is 11.5. The molecule has 0 aromatic carbocycles. The standard InChI is InChI=1S/C11H11NO4/c1-2-5-15-11(13)9-10(16-7-12-9)8-4-3-6-14-8/h1,7-8H,3-6H2. The summed E-state index contributed by atoms with van der Waals surface area (Å²) in [7, 11) is 0. The van der Waals surface area contributed by atoms with Gasteiger partial charge in [-0.1, -0.05) is 5.92 Å². The predicted molar refractivity (Wildman–Crippen MR) is 53.5 cm³/mol. The zero-order valence-electron chi connectivity index (χ0n) is 8.64. The number of aromatic nitrogens is 1. The van der Waals surface area contributed by atoms with Crippen molar-refractivity contribution in [1.29, 1.82) is 0 Å². The van der Waals surface area contributed by atoms with Crippen LogP contribution in [-0.2, 0) is 9.47 Å². The van der Waals surface area contributed by atoms with Crippen molar-refractivity contribution in [2.24, 2.45) is 0 Å². The minimum absolute atomic E-state index is 0.0728. The molecule has 0 radical (unpaired) electrons. The molecule has 1 aliphatic heterocycles. The van der Waals surface area contributed by atoms with Crippen LogP contribution in [0.5, 0.6) is 0 Å². The zero-order chi connectivity index (χ0) is 11.4. The molecule has 2 rings (SSSR count). The Balaban J connectivity index is 2.12. The van der Waals surface area contributed by atoms with Crippen molar-refractivity contribution in [2.45, 2.75) is 18.9 Å². The van der Waals surface area contributed by atoms with Crippen LogP contribution in [0.4, 0.5) is 0 Å². The summed E-state index contributed by atoms with van der Waals surface area (Å²) in [6.07, 6.45) is 7.78. The number of esters is 1. The number of terminal acetylenes is 1. The Hall–Kier alpha value is -1.80. The van der Waals surface area contributed by atoms with Gasteiger partial charge in [-0.15, -0.1) is 6.42 Å². The molecular weight excluding hydrogens is 210 g/mol. The largest absolute Gasteiger partial charge is 0.448 e. The third kappa shape index (κ3) is 2.07. The van der Waals surface area contributed by atoms with E-state index < -0.39 is 5.97 Å². The lowest BCUT2D eigenvalue weighted by atomic mass is 10.1. The molecule has 1 aromatic heterocycles. The van der Waals surface area contributed by atoms with E-state index in [0.717, 1.165) is 12.8 Å². The topological polar surface area (TPSA) is 61.6 Å². The first-order chi connectivity index (χ1) is 7.83. The molecule has 1 unspecified atom stereocenters. The summed E-state index contributed by atoms with van der Waals surface area (Å²) in [6.45, 7) is 0.598. The van der Waals surface area contributed by atoms with Crippen LogP contribution in [0.2, 0.25) is 0 Å². The van der Waals surface area contributed by atoms with Gasteiger partial charge in [0.2, 0.25) is 0 Å². The van der Waals surface area contributed by atoms with E-state index in [-0.39, 0.29) is 18.4 Å². The summed E-state index contributed by atoms with van der Waals surface area (Å²) in [5.41, 5.74) is 0.155. The molecule has 1 atom stereocenters. The van der Waals surface area contributed by atoms with Crippen molar-refractivity contribution in [3.63, 3.8) is 0 Å². The molecule has 2 heterocycles. The minimum Gasteiger partial charge on any atom is -0.448 e. The van der Waals surface area contributed by atoms with E-state index in [1.54, 1.807) is 0 Å². The molecule has 1 aliphatic rings. The molecule has 5 nitrogen and oxygen atoms in total. The Kier molecular flexibility index (Phi) is 3.22. The lowest BCUT2D eigenvalue weighted by Crippen LogP contribution is -2.10. The summed E-state index contributed by atoms with van der Waals surface area (Å²) in [5.74, 6) is 2.07. The molecule has 0 amide bonds. The highest BCUT2D eigenvalue weighted by Crippen LogP contribution is 2.30. The predicted octanol–water partition coefficient (Wildman–Crippen LogP) is 1.32. The highest BCUT2D eigenvalue weighted by Gasteiger charge is 2.28. The number of carbonyl (C=O) groups excluding carboxylic acids is 1. The molecule has 0 aliphatic carbocycles. The molecule has 1 aromatic rings. The van der Waals surface area contributed by atoms with E-state index in [1.807, 2.05) is 0 Å². The van der Waals surface area contributed by atoms with Crippen LogP contribution in [0.15, 0.2) is 10.8 Å². The minimum atomic E-state index is -0.572. The second-order valence-corrected chi connectivity index (χ2v) is 3.35. The Morgan fingerprint density at radius 3 is 3.31 bits per heavy atom. The first-order valence-electron chi connectivity index (χ1n) is 4.98. The number of oxazole rings is 1. The molecule has 1 fully saturated rings. The Labute approximate surface area is 92.7 Å². The number of rotatable bonds is 3. The molecule has 0 N–H and O–H groups in total. The van der Waals surface area contributed by atoms with Gasteiger partial charge in [0.05, 0.1) is 0 Å². The van der Waals surface area contributed by atoms with Gasteiger partial charge in [0.15, 0.2) is 24.5 Å². The van der Waals surface area contributed by atoms with Crippen LogP contribution in [-0.4, -0.2) is 24.2 Å². The van der Waals surface area contributed by atoms with E-state index in [0.29, 0.717) is 12.4 Å². The van der Waals surface area contributed by atoms with E-state index in [1.165, 1.54) is 6.39 Å². The van der Waals surface area contributed by atoms with Crippen LogP contribution in [0.25, 0.3) is 0 Å².